The molecular weight excluding hydrogens is 506 g/mol. The summed E-state index contributed by atoms with van der Waals surface area (Å²) >= 11 is 3.44. The van der Waals surface area contributed by atoms with Crippen molar-refractivity contribution in [2.45, 2.75) is 0 Å². The molecule has 35 heavy (non-hydrogen) atoms. The van der Waals surface area contributed by atoms with Crippen molar-refractivity contribution in [1.82, 2.24) is 0 Å². The Kier molecular flexibility index (Phi) is 6.21. The van der Waals surface area contributed by atoms with Crippen LogP contribution in [0.25, 0.3) is 23.1 Å². The van der Waals surface area contributed by atoms with Gasteiger partial charge in [0.25, 0.3) is 5.91 Å². The number of furan rings is 1. The lowest BCUT2D eigenvalue weighted by molar-refractivity contribution is -0.113. The van der Waals surface area contributed by atoms with Crippen molar-refractivity contribution >= 4 is 45.3 Å². The molecule has 0 radical (unpaired) electrons. The molecule has 5 rings (SSSR count). The van der Waals surface area contributed by atoms with E-state index in [-0.39, 0.29) is 5.91 Å². The average molecular weight is 526 g/mol. The van der Waals surface area contributed by atoms with Crippen molar-refractivity contribution in [3.63, 3.8) is 0 Å². The largest absolute Gasteiger partial charge is 0.465 e. The van der Waals surface area contributed by atoms with Crippen LogP contribution in [0.4, 0.5) is 5.69 Å². The van der Waals surface area contributed by atoms with E-state index in [9.17, 15) is 9.59 Å². The van der Waals surface area contributed by atoms with Crippen LogP contribution in [-0.2, 0) is 9.53 Å². The van der Waals surface area contributed by atoms with Crippen molar-refractivity contribution in [3.8, 4) is 11.3 Å². The second-order valence-corrected chi connectivity index (χ2v) is 8.80. The molecule has 0 fully saturated rings. The molecule has 0 unspecified atom stereocenters. The van der Waals surface area contributed by atoms with E-state index in [0.29, 0.717) is 22.6 Å². The molecule has 5 nitrogen and oxygen atoms in total. The molecule has 0 N–H and O–H groups in total. The van der Waals surface area contributed by atoms with Gasteiger partial charge in [-0.2, -0.15) is 0 Å². The van der Waals surface area contributed by atoms with E-state index in [4.69, 9.17) is 9.15 Å². The van der Waals surface area contributed by atoms with Gasteiger partial charge in [0, 0.05) is 21.3 Å². The summed E-state index contributed by atoms with van der Waals surface area (Å²) in [7, 11) is 1.34. The summed E-state index contributed by atoms with van der Waals surface area (Å²) in [6.07, 6.45) is 3.60. The van der Waals surface area contributed by atoms with Crippen LogP contribution in [0.5, 0.6) is 0 Å². The predicted octanol–water partition coefficient (Wildman–Crippen LogP) is 6.97. The van der Waals surface area contributed by atoms with Crippen LogP contribution in [0.1, 0.15) is 21.7 Å². The highest BCUT2D eigenvalue weighted by Gasteiger charge is 2.30. The first-order valence-corrected chi connectivity index (χ1v) is 11.7. The van der Waals surface area contributed by atoms with E-state index < -0.39 is 5.97 Å². The van der Waals surface area contributed by atoms with Gasteiger partial charge >= 0.3 is 5.97 Å². The van der Waals surface area contributed by atoms with Gasteiger partial charge in [-0.1, -0.05) is 58.4 Å². The van der Waals surface area contributed by atoms with Crippen LogP contribution in [-0.4, -0.2) is 19.0 Å². The molecular formula is C29H20BrNO4. The number of anilines is 1. The highest BCUT2D eigenvalue weighted by atomic mass is 79.9. The van der Waals surface area contributed by atoms with Gasteiger partial charge in [0.05, 0.1) is 18.4 Å². The van der Waals surface area contributed by atoms with Crippen molar-refractivity contribution in [1.29, 1.82) is 0 Å². The van der Waals surface area contributed by atoms with E-state index >= 15 is 0 Å². The first kappa shape index (κ1) is 22.6. The SMILES string of the molecule is COC(=O)c1ccc(N2C(=O)/C(=C/c3ccc(-c4ccc(Br)cc4)o3)C=C2c2ccccc2)cc1. The number of carbonyl (C=O) groups is 2. The molecule has 0 saturated heterocycles. The zero-order chi connectivity index (χ0) is 24.4. The maximum Gasteiger partial charge on any atom is 0.337 e. The number of benzene rings is 3. The number of rotatable bonds is 5. The number of esters is 1. The molecule has 0 spiro atoms. The fraction of sp³-hybridized carbons (Fsp3) is 0.0345. The number of nitrogens with zero attached hydrogens (tertiary/aromatic N) is 1. The third kappa shape index (κ3) is 4.61. The minimum Gasteiger partial charge on any atom is -0.465 e. The first-order valence-electron chi connectivity index (χ1n) is 10.9. The summed E-state index contributed by atoms with van der Waals surface area (Å²) < 4.78 is 11.8. The minimum atomic E-state index is -0.428. The molecule has 0 saturated carbocycles. The zero-order valence-electron chi connectivity index (χ0n) is 18.8. The Bertz CT molecular complexity index is 1450. The number of amides is 1. The van der Waals surface area contributed by atoms with Gasteiger partial charge in [-0.25, -0.2) is 4.79 Å². The molecule has 3 aromatic carbocycles. The Morgan fingerprint density at radius 1 is 0.886 bits per heavy atom. The van der Waals surface area contributed by atoms with Gasteiger partial charge in [0.1, 0.15) is 11.5 Å². The molecule has 1 aliphatic heterocycles. The Morgan fingerprint density at radius 3 is 2.29 bits per heavy atom. The summed E-state index contributed by atoms with van der Waals surface area (Å²) in [6.45, 7) is 0. The first-order chi connectivity index (χ1) is 17.0. The number of hydrogen-bond acceptors (Lipinski definition) is 4. The lowest BCUT2D eigenvalue weighted by Crippen LogP contribution is -2.25. The zero-order valence-corrected chi connectivity index (χ0v) is 20.4. The van der Waals surface area contributed by atoms with Gasteiger partial charge < -0.3 is 9.15 Å². The van der Waals surface area contributed by atoms with E-state index in [1.54, 1.807) is 35.2 Å². The summed E-state index contributed by atoms with van der Waals surface area (Å²) in [6, 6.07) is 28.0. The lowest BCUT2D eigenvalue weighted by atomic mass is 10.1. The summed E-state index contributed by atoms with van der Waals surface area (Å²) in [5.74, 6) is 0.689. The van der Waals surface area contributed by atoms with Crippen LogP contribution in [0.2, 0.25) is 0 Å². The summed E-state index contributed by atoms with van der Waals surface area (Å²) in [4.78, 5) is 27.0. The number of ether oxygens (including phenoxy) is 1. The number of methoxy groups -OCH3 is 1. The molecule has 0 bridgehead atoms. The third-order valence-corrected chi connectivity index (χ3v) is 6.18. The molecule has 1 amide bonds. The minimum absolute atomic E-state index is 0.184. The molecule has 172 valence electrons. The Hall–Kier alpha value is -4.16. The van der Waals surface area contributed by atoms with E-state index in [2.05, 4.69) is 15.9 Å². The van der Waals surface area contributed by atoms with Gasteiger partial charge in [-0.05, 0) is 66.2 Å². The van der Waals surface area contributed by atoms with E-state index in [1.165, 1.54) is 7.11 Å². The monoisotopic (exact) mass is 525 g/mol. The normalized spacial score (nSPS) is 14.3. The van der Waals surface area contributed by atoms with Crippen LogP contribution < -0.4 is 4.90 Å². The van der Waals surface area contributed by atoms with E-state index in [1.807, 2.05) is 72.8 Å². The van der Waals surface area contributed by atoms with Gasteiger partial charge in [-0.15, -0.1) is 0 Å². The highest BCUT2D eigenvalue weighted by Crippen LogP contribution is 2.36. The third-order valence-electron chi connectivity index (χ3n) is 5.65. The molecule has 0 aliphatic carbocycles. The van der Waals surface area contributed by atoms with E-state index in [0.717, 1.165) is 27.1 Å². The second kappa shape index (κ2) is 9.60. The van der Waals surface area contributed by atoms with Crippen LogP contribution in [0, 0.1) is 0 Å². The Labute approximate surface area is 211 Å². The molecule has 4 aromatic rings. The number of hydrogen-bond donors (Lipinski definition) is 0. The fourth-order valence-corrected chi connectivity index (χ4v) is 4.17. The number of halogens is 1. The van der Waals surface area contributed by atoms with Crippen LogP contribution in [0.15, 0.2) is 112 Å². The number of carbonyl (C=O) groups excluding carboxylic acids is 2. The molecule has 2 heterocycles. The molecule has 1 aliphatic rings. The standard InChI is InChI=1S/C29H20BrNO4/c1-34-29(33)21-9-13-24(14-10-21)31-26(19-5-3-2-4-6-19)18-22(28(31)32)17-25-15-16-27(35-25)20-7-11-23(30)12-8-20/h2-18H,1H3/b22-17+. The second-order valence-electron chi connectivity index (χ2n) is 7.88. The molecule has 0 atom stereocenters. The van der Waals surface area contributed by atoms with Gasteiger partial charge in [0.2, 0.25) is 0 Å². The van der Waals surface area contributed by atoms with Crippen LogP contribution >= 0.6 is 15.9 Å². The van der Waals surface area contributed by atoms with Crippen molar-refractivity contribution < 1.29 is 18.7 Å². The fourth-order valence-electron chi connectivity index (χ4n) is 3.91. The quantitative estimate of drug-likeness (QED) is 0.208. The smallest absolute Gasteiger partial charge is 0.337 e. The summed E-state index contributed by atoms with van der Waals surface area (Å²) in [5, 5.41) is 0. The average Bonchev–Trinajstić information content (AvgIpc) is 3.49. The van der Waals surface area contributed by atoms with Crippen molar-refractivity contribution in [2.24, 2.45) is 0 Å². The Balaban J connectivity index is 1.51. The topological polar surface area (TPSA) is 59.8 Å². The lowest BCUT2D eigenvalue weighted by Gasteiger charge is -2.21. The maximum atomic E-state index is 13.6. The maximum absolute atomic E-state index is 13.6. The summed E-state index contributed by atoms with van der Waals surface area (Å²) in [5.41, 5.74) is 4.15. The highest BCUT2D eigenvalue weighted by molar-refractivity contribution is 9.10. The molecule has 1 aromatic heterocycles. The predicted molar refractivity (Wildman–Crippen MR) is 140 cm³/mol. The Morgan fingerprint density at radius 2 is 1.60 bits per heavy atom. The van der Waals surface area contributed by atoms with Gasteiger partial charge in [-0.3, -0.25) is 9.69 Å². The van der Waals surface area contributed by atoms with Crippen molar-refractivity contribution in [3.05, 3.63) is 124 Å². The van der Waals surface area contributed by atoms with Gasteiger partial charge in [0.15, 0.2) is 0 Å². The van der Waals surface area contributed by atoms with Crippen LogP contribution in [0.3, 0.4) is 0 Å². The molecule has 6 heteroatoms. The van der Waals surface area contributed by atoms with Crippen molar-refractivity contribution in [2.75, 3.05) is 12.0 Å².